The van der Waals surface area contributed by atoms with Gasteiger partial charge in [-0.15, -0.1) is 0 Å². The molecular formula is C15H21ClN2O2. The van der Waals surface area contributed by atoms with Crippen LogP contribution in [0, 0.1) is 6.92 Å². The SMILES string of the molecule is Cc1c(CCN2CCNCC2)cc(Cl)c2c1OCCO2. The molecule has 2 aliphatic rings. The number of ether oxygens (including phenoxy) is 2. The van der Waals surface area contributed by atoms with E-state index in [1.54, 1.807) is 0 Å². The maximum absolute atomic E-state index is 6.31. The Balaban J connectivity index is 1.74. The lowest BCUT2D eigenvalue weighted by Crippen LogP contribution is -2.44. The second-order valence-electron chi connectivity index (χ2n) is 5.34. The molecule has 0 spiro atoms. The van der Waals surface area contributed by atoms with Crippen molar-refractivity contribution >= 4 is 11.6 Å². The van der Waals surface area contributed by atoms with Gasteiger partial charge >= 0.3 is 0 Å². The van der Waals surface area contributed by atoms with Gasteiger partial charge in [-0.3, -0.25) is 0 Å². The van der Waals surface area contributed by atoms with Crippen molar-refractivity contribution in [1.29, 1.82) is 0 Å². The van der Waals surface area contributed by atoms with Crippen LogP contribution in [-0.2, 0) is 6.42 Å². The van der Waals surface area contributed by atoms with Gasteiger partial charge in [-0.25, -0.2) is 0 Å². The first-order valence-electron chi connectivity index (χ1n) is 7.26. The van der Waals surface area contributed by atoms with Gasteiger partial charge < -0.3 is 19.7 Å². The third-order valence-corrected chi connectivity index (χ3v) is 4.31. The average Bonchev–Trinajstić information content (AvgIpc) is 2.50. The Kier molecular flexibility index (Phi) is 4.34. The van der Waals surface area contributed by atoms with Crippen LogP contribution < -0.4 is 14.8 Å². The molecule has 110 valence electrons. The summed E-state index contributed by atoms with van der Waals surface area (Å²) in [6, 6.07) is 2.03. The zero-order chi connectivity index (χ0) is 13.9. The Morgan fingerprint density at radius 3 is 2.65 bits per heavy atom. The largest absolute Gasteiger partial charge is 0.486 e. The van der Waals surface area contributed by atoms with E-state index in [1.807, 2.05) is 6.07 Å². The van der Waals surface area contributed by atoms with Gasteiger partial charge in [-0.2, -0.15) is 0 Å². The van der Waals surface area contributed by atoms with Gasteiger partial charge in [-0.05, 0) is 30.5 Å². The molecule has 1 N–H and O–H groups in total. The zero-order valence-electron chi connectivity index (χ0n) is 11.9. The van der Waals surface area contributed by atoms with Crippen LogP contribution in [0.1, 0.15) is 11.1 Å². The monoisotopic (exact) mass is 296 g/mol. The smallest absolute Gasteiger partial charge is 0.180 e. The van der Waals surface area contributed by atoms with Gasteiger partial charge in [0.15, 0.2) is 11.5 Å². The van der Waals surface area contributed by atoms with E-state index in [2.05, 4.69) is 17.1 Å². The van der Waals surface area contributed by atoms with E-state index >= 15 is 0 Å². The summed E-state index contributed by atoms with van der Waals surface area (Å²) in [6.07, 6.45) is 1.00. The molecule has 1 aromatic carbocycles. The average molecular weight is 297 g/mol. The maximum Gasteiger partial charge on any atom is 0.180 e. The molecule has 1 fully saturated rings. The fourth-order valence-electron chi connectivity index (χ4n) is 2.82. The highest BCUT2D eigenvalue weighted by atomic mass is 35.5. The summed E-state index contributed by atoms with van der Waals surface area (Å²) >= 11 is 6.31. The molecule has 1 saturated heterocycles. The number of piperazine rings is 1. The summed E-state index contributed by atoms with van der Waals surface area (Å²) < 4.78 is 11.3. The van der Waals surface area contributed by atoms with Crippen molar-refractivity contribution in [1.82, 2.24) is 10.2 Å². The number of halogens is 1. The third-order valence-electron chi connectivity index (χ3n) is 4.03. The molecule has 2 aliphatic heterocycles. The molecule has 0 aliphatic carbocycles. The summed E-state index contributed by atoms with van der Waals surface area (Å²) in [7, 11) is 0. The minimum atomic E-state index is 0.576. The molecule has 0 amide bonds. The Morgan fingerprint density at radius 2 is 1.90 bits per heavy atom. The van der Waals surface area contributed by atoms with Gasteiger partial charge in [0.25, 0.3) is 0 Å². The molecule has 2 heterocycles. The van der Waals surface area contributed by atoms with E-state index in [4.69, 9.17) is 21.1 Å². The van der Waals surface area contributed by atoms with E-state index in [0.29, 0.717) is 24.0 Å². The highest BCUT2D eigenvalue weighted by Gasteiger charge is 2.21. The molecule has 0 bridgehead atoms. The van der Waals surface area contributed by atoms with Gasteiger partial charge in [0.2, 0.25) is 0 Å². The lowest BCUT2D eigenvalue weighted by Gasteiger charge is -2.28. The van der Waals surface area contributed by atoms with E-state index < -0.39 is 0 Å². The van der Waals surface area contributed by atoms with Crippen LogP contribution in [0.3, 0.4) is 0 Å². The third kappa shape index (κ3) is 2.87. The second kappa shape index (κ2) is 6.20. The molecule has 0 aromatic heterocycles. The predicted molar refractivity (Wildman–Crippen MR) is 80.2 cm³/mol. The normalized spacial score (nSPS) is 19.1. The Hall–Kier alpha value is -0.970. The molecule has 0 radical (unpaired) electrons. The van der Waals surface area contributed by atoms with Crippen molar-refractivity contribution in [2.75, 3.05) is 45.9 Å². The standard InChI is InChI=1S/C15H21ClN2O2/c1-11-12(2-5-18-6-3-17-4-7-18)10-13(16)15-14(11)19-8-9-20-15/h10,17H,2-9H2,1H3. The Morgan fingerprint density at radius 1 is 1.20 bits per heavy atom. The van der Waals surface area contributed by atoms with Crippen molar-refractivity contribution in [2.24, 2.45) is 0 Å². The predicted octanol–water partition coefficient (Wildman–Crippen LogP) is 1.87. The molecule has 0 atom stereocenters. The lowest BCUT2D eigenvalue weighted by atomic mass is 10.0. The molecule has 1 aromatic rings. The number of nitrogens with zero attached hydrogens (tertiary/aromatic N) is 1. The van der Waals surface area contributed by atoms with Crippen molar-refractivity contribution < 1.29 is 9.47 Å². The summed E-state index contributed by atoms with van der Waals surface area (Å²) in [4.78, 5) is 2.49. The van der Waals surface area contributed by atoms with Crippen LogP contribution in [0.5, 0.6) is 11.5 Å². The molecule has 0 unspecified atom stereocenters. The molecule has 3 rings (SSSR count). The molecule has 0 saturated carbocycles. The summed E-state index contributed by atoms with van der Waals surface area (Å²) in [6.45, 7) is 8.75. The summed E-state index contributed by atoms with van der Waals surface area (Å²) in [5.74, 6) is 1.54. The lowest BCUT2D eigenvalue weighted by molar-refractivity contribution is 0.170. The number of nitrogens with one attached hydrogen (secondary N) is 1. The molecule has 5 heteroatoms. The first-order valence-corrected chi connectivity index (χ1v) is 7.64. The van der Waals surface area contributed by atoms with Crippen LogP contribution in [0.4, 0.5) is 0 Å². The Labute approximate surface area is 125 Å². The van der Waals surface area contributed by atoms with E-state index in [1.165, 1.54) is 11.1 Å². The van der Waals surface area contributed by atoms with Crippen LogP contribution in [0.25, 0.3) is 0 Å². The molecule has 20 heavy (non-hydrogen) atoms. The van der Waals surface area contributed by atoms with Crippen LogP contribution in [0.15, 0.2) is 6.07 Å². The van der Waals surface area contributed by atoms with Gasteiger partial charge in [0, 0.05) is 32.7 Å². The van der Waals surface area contributed by atoms with E-state index in [-0.39, 0.29) is 0 Å². The van der Waals surface area contributed by atoms with Gasteiger partial charge in [-0.1, -0.05) is 11.6 Å². The number of benzene rings is 1. The highest BCUT2D eigenvalue weighted by Crippen LogP contribution is 2.41. The van der Waals surface area contributed by atoms with Crippen LogP contribution in [0.2, 0.25) is 5.02 Å². The zero-order valence-corrected chi connectivity index (χ0v) is 12.6. The quantitative estimate of drug-likeness (QED) is 0.923. The summed E-state index contributed by atoms with van der Waals surface area (Å²) in [5, 5.41) is 4.04. The first kappa shape index (κ1) is 14.0. The van der Waals surface area contributed by atoms with Crippen molar-refractivity contribution in [3.63, 3.8) is 0 Å². The number of fused-ring (bicyclic) bond motifs is 1. The minimum Gasteiger partial charge on any atom is -0.486 e. The first-order chi connectivity index (χ1) is 9.75. The number of rotatable bonds is 3. The van der Waals surface area contributed by atoms with Gasteiger partial charge in [0.05, 0.1) is 5.02 Å². The molecule has 4 nitrogen and oxygen atoms in total. The minimum absolute atomic E-state index is 0.576. The summed E-state index contributed by atoms with van der Waals surface area (Å²) in [5.41, 5.74) is 2.43. The number of hydrogen-bond donors (Lipinski definition) is 1. The Bertz CT molecular complexity index is 487. The fraction of sp³-hybridized carbons (Fsp3) is 0.600. The second-order valence-corrected chi connectivity index (χ2v) is 5.75. The topological polar surface area (TPSA) is 33.7 Å². The van der Waals surface area contributed by atoms with Crippen molar-refractivity contribution in [2.45, 2.75) is 13.3 Å². The van der Waals surface area contributed by atoms with Crippen LogP contribution in [-0.4, -0.2) is 50.8 Å². The number of hydrogen-bond acceptors (Lipinski definition) is 4. The van der Waals surface area contributed by atoms with Crippen molar-refractivity contribution in [3.8, 4) is 11.5 Å². The van der Waals surface area contributed by atoms with E-state index in [0.717, 1.165) is 44.9 Å². The van der Waals surface area contributed by atoms with Crippen molar-refractivity contribution in [3.05, 3.63) is 22.2 Å². The maximum atomic E-state index is 6.31. The highest BCUT2D eigenvalue weighted by molar-refractivity contribution is 6.32. The van der Waals surface area contributed by atoms with E-state index in [9.17, 15) is 0 Å². The van der Waals surface area contributed by atoms with Crippen LogP contribution >= 0.6 is 11.6 Å². The molecular weight excluding hydrogens is 276 g/mol. The fourth-order valence-corrected chi connectivity index (χ4v) is 3.09. The van der Waals surface area contributed by atoms with Gasteiger partial charge in [0.1, 0.15) is 13.2 Å².